The van der Waals surface area contributed by atoms with Gasteiger partial charge in [-0.3, -0.25) is 29.9 Å². The van der Waals surface area contributed by atoms with Crippen LogP contribution in [0.4, 0.5) is 11.4 Å². The second-order valence-electron chi connectivity index (χ2n) is 7.18. The first-order chi connectivity index (χ1) is 16.8. The number of non-ortho nitro benzene ring substituents is 1. The van der Waals surface area contributed by atoms with Crippen LogP contribution in [0, 0.1) is 10.1 Å². The average Bonchev–Trinajstić information content (AvgIpc) is 3.31. The van der Waals surface area contributed by atoms with E-state index in [1.54, 1.807) is 43.3 Å². The van der Waals surface area contributed by atoms with Crippen LogP contribution in [-0.4, -0.2) is 45.0 Å². The Morgan fingerprint density at radius 1 is 1.20 bits per heavy atom. The minimum absolute atomic E-state index is 0.00262. The van der Waals surface area contributed by atoms with Crippen LogP contribution in [0.5, 0.6) is 0 Å². The molecule has 1 saturated heterocycles. The predicted octanol–water partition coefficient (Wildman–Crippen LogP) is 2.50. The molecule has 2 aliphatic rings. The number of nitro groups is 1. The van der Waals surface area contributed by atoms with Gasteiger partial charge in [-0.25, -0.2) is 4.79 Å². The second kappa shape index (κ2) is 9.65. The van der Waals surface area contributed by atoms with Gasteiger partial charge in [0.25, 0.3) is 17.5 Å². The average molecular weight is 491 g/mol. The number of nitrogens with zero attached hydrogens (tertiary/aromatic N) is 4. The number of hydrogen-bond acceptors (Lipinski definition) is 8. The maximum atomic E-state index is 13.3. The van der Waals surface area contributed by atoms with Crippen molar-refractivity contribution < 1.29 is 24.0 Å². The fourth-order valence-electron chi connectivity index (χ4n) is 3.34. The SMILES string of the molecule is CCOC(=O)C1=NN(c2ccccc2)C(=O)/C1=C/N1C(=S)NC(=O)/C1=C/c1cccc([N+](=O)[O-])c1. The lowest BCUT2D eigenvalue weighted by Gasteiger charge is -2.14. The molecule has 4 rings (SSSR count). The maximum absolute atomic E-state index is 13.3. The summed E-state index contributed by atoms with van der Waals surface area (Å²) in [5.74, 6) is -2.03. The standard InChI is InChI=1S/C23H17N5O6S/c1-2-34-22(31)19-17(21(30)27(25-19)15-8-4-3-5-9-15)13-26-18(20(29)24-23(26)35)12-14-7-6-10-16(11-14)28(32)33/h3-13H,2H2,1H3,(H,24,29,35)/b17-13+,18-12-. The number of nitrogens with one attached hydrogen (secondary N) is 1. The third kappa shape index (κ3) is 4.68. The van der Waals surface area contributed by atoms with Crippen LogP contribution < -0.4 is 10.3 Å². The minimum atomic E-state index is -0.820. The number of anilines is 1. The molecule has 0 aliphatic carbocycles. The zero-order valence-electron chi connectivity index (χ0n) is 18.2. The van der Waals surface area contributed by atoms with Gasteiger partial charge in [0.05, 0.1) is 22.8 Å². The van der Waals surface area contributed by atoms with Crippen molar-refractivity contribution in [3.63, 3.8) is 0 Å². The number of benzene rings is 2. The Morgan fingerprint density at radius 2 is 1.94 bits per heavy atom. The molecule has 0 unspecified atom stereocenters. The number of thiocarbonyl (C=S) groups is 1. The van der Waals surface area contributed by atoms with E-state index in [1.807, 2.05) is 0 Å². The summed E-state index contributed by atoms with van der Waals surface area (Å²) in [7, 11) is 0. The number of para-hydroxylation sites is 1. The number of hydrazone groups is 1. The summed E-state index contributed by atoms with van der Waals surface area (Å²) in [5, 5.41) is 18.7. The summed E-state index contributed by atoms with van der Waals surface area (Å²) < 4.78 is 5.06. The van der Waals surface area contributed by atoms with E-state index in [2.05, 4.69) is 10.4 Å². The van der Waals surface area contributed by atoms with Crippen molar-refractivity contribution >= 4 is 58.3 Å². The lowest BCUT2D eigenvalue weighted by molar-refractivity contribution is -0.384. The highest BCUT2D eigenvalue weighted by molar-refractivity contribution is 7.80. The molecule has 11 nitrogen and oxygen atoms in total. The number of nitro benzene ring substituents is 1. The molecule has 2 aromatic rings. The summed E-state index contributed by atoms with van der Waals surface area (Å²) in [6, 6.07) is 14.1. The molecule has 2 heterocycles. The Morgan fingerprint density at radius 3 is 2.63 bits per heavy atom. The Hall–Kier alpha value is -4.71. The molecule has 35 heavy (non-hydrogen) atoms. The van der Waals surface area contributed by atoms with Crippen molar-refractivity contribution in [3.05, 3.63) is 87.7 Å². The van der Waals surface area contributed by atoms with Gasteiger partial charge < -0.3 is 4.74 Å². The van der Waals surface area contributed by atoms with Gasteiger partial charge in [0, 0.05) is 18.3 Å². The Labute approximate surface area is 204 Å². The molecule has 2 amide bonds. The molecule has 0 radical (unpaired) electrons. The molecule has 12 heteroatoms. The van der Waals surface area contributed by atoms with Crippen molar-refractivity contribution in [2.45, 2.75) is 6.92 Å². The van der Waals surface area contributed by atoms with Crippen molar-refractivity contribution in [1.82, 2.24) is 10.2 Å². The lowest BCUT2D eigenvalue weighted by atomic mass is 10.1. The van der Waals surface area contributed by atoms with Gasteiger partial charge in [-0.2, -0.15) is 10.1 Å². The fourth-order valence-corrected chi connectivity index (χ4v) is 3.59. The van der Waals surface area contributed by atoms with Gasteiger partial charge >= 0.3 is 5.97 Å². The third-order valence-corrected chi connectivity index (χ3v) is 5.22. The molecule has 176 valence electrons. The van der Waals surface area contributed by atoms with Crippen molar-refractivity contribution in [2.75, 3.05) is 11.6 Å². The van der Waals surface area contributed by atoms with Gasteiger partial charge in [-0.1, -0.05) is 30.3 Å². The van der Waals surface area contributed by atoms with E-state index in [-0.39, 0.29) is 34.4 Å². The van der Waals surface area contributed by atoms with Crippen molar-refractivity contribution in [3.8, 4) is 0 Å². The highest BCUT2D eigenvalue weighted by Crippen LogP contribution is 2.27. The molecule has 2 aliphatic heterocycles. The number of hydrogen-bond donors (Lipinski definition) is 1. The minimum Gasteiger partial charge on any atom is -0.461 e. The molecule has 1 fully saturated rings. The molecule has 0 aromatic heterocycles. The normalized spacial score (nSPS) is 17.7. The lowest BCUT2D eigenvalue weighted by Crippen LogP contribution is -2.28. The zero-order chi connectivity index (χ0) is 25.1. The Kier molecular flexibility index (Phi) is 6.46. The van der Waals surface area contributed by atoms with Crippen LogP contribution in [0.2, 0.25) is 0 Å². The van der Waals surface area contributed by atoms with Crippen LogP contribution in [0.1, 0.15) is 12.5 Å². The second-order valence-corrected chi connectivity index (χ2v) is 7.56. The van der Waals surface area contributed by atoms with Crippen molar-refractivity contribution in [1.29, 1.82) is 0 Å². The van der Waals surface area contributed by atoms with E-state index in [4.69, 9.17) is 17.0 Å². The van der Waals surface area contributed by atoms with E-state index < -0.39 is 22.7 Å². The van der Waals surface area contributed by atoms with Crippen LogP contribution in [0.25, 0.3) is 6.08 Å². The molecule has 2 aromatic carbocycles. The number of carbonyl (C=O) groups excluding carboxylic acids is 3. The Balaban J connectivity index is 1.77. The van der Waals surface area contributed by atoms with Gasteiger partial charge in [0.2, 0.25) is 0 Å². The summed E-state index contributed by atoms with van der Waals surface area (Å²) in [5.41, 5.74) is 0.228. The van der Waals surface area contributed by atoms with Gasteiger partial charge in [0.15, 0.2) is 10.8 Å². The van der Waals surface area contributed by atoms with Gasteiger partial charge in [-0.05, 0) is 42.9 Å². The number of ether oxygens (including phenoxy) is 1. The highest BCUT2D eigenvalue weighted by Gasteiger charge is 2.39. The number of carbonyl (C=O) groups is 3. The number of rotatable bonds is 6. The highest BCUT2D eigenvalue weighted by atomic mass is 32.1. The monoisotopic (exact) mass is 491 g/mol. The zero-order valence-corrected chi connectivity index (χ0v) is 19.0. The molecular weight excluding hydrogens is 474 g/mol. The van der Waals surface area contributed by atoms with Gasteiger partial charge in [-0.15, -0.1) is 0 Å². The summed E-state index contributed by atoms with van der Waals surface area (Å²) in [4.78, 5) is 50.2. The summed E-state index contributed by atoms with van der Waals surface area (Å²) in [6.45, 7) is 1.68. The first-order valence-electron chi connectivity index (χ1n) is 10.3. The topological polar surface area (TPSA) is 134 Å². The van der Waals surface area contributed by atoms with Crippen LogP contribution in [0.15, 0.2) is 77.2 Å². The summed E-state index contributed by atoms with van der Waals surface area (Å²) in [6.07, 6.45) is 2.61. The number of amides is 2. The molecule has 1 N–H and O–H groups in total. The Bertz CT molecular complexity index is 1350. The smallest absolute Gasteiger partial charge is 0.359 e. The largest absolute Gasteiger partial charge is 0.461 e. The molecule has 0 bridgehead atoms. The van der Waals surface area contributed by atoms with E-state index >= 15 is 0 Å². The molecular formula is C23H17N5O6S. The third-order valence-electron chi connectivity index (χ3n) is 4.92. The quantitative estimate of drug-likeness (QED) is 0.214. The first kappa shape index (κ1) is 23.4. The van der Waals surface area contributed by atoms with E-state index in [1.165, 1.54) is 35.4 Å². The molecule has 0 saturated carbocycles. The van der Waals surface area contributed by atoms with Crippen LogP contribution >= 0.6 is 12.2 Å². The first-order valence-corrected chi connectivity index (χ1v) is 10.7. The van der Waals surface area contributed by atoms with Crippen molar-refractivity contribution in [2.24, 2.45) is 5.10 Å². The summed E-state index contributed by atoms with van der Waals surface area (Å²) >= 11 is 5.25. The van der Waals surface area contributed by atoms with Crippen LogP contribution in [0.3, 0.4) is 0 Å². The molecule has 0 spiro atoms. The van der Waals surface area contributed by atoms with E-state index in [0.29, 0.717) is 11.3 Å². The van der Waals surface area contributed by atoms with E-state index in [9.17, 15) is 24.5 Å². The van der Waals surface area contributed by atoms with Crippen LogP contribution in [-0.2, 0) is 19.1 Å². The number of esters is 1. The van der Waals surface area contributed by atoms with E-state index in [0.717, 1.165) is 5.01 Å². The molecule has 0 atom stereocenters. The van der Waals surface area contributed by atoms with Gasteiger partial charge in [0.1, 0.15) is 5.70 Å². The maximum Gasteiger partial charge on any atom is 0.359 e. The fraction of sp³-hybridized carbons (Fsp3) is 0.0870. The predicted molar refractivity (Wildman–Crippen MR) is 130 cm³/mol.